The minimum Gasteiger partial charge on any atom is -0.352 e. The van der Waals surface area contributed by atoms with E-state index in [1.54, 1.807) is 0 Å². The molecule has 9 nitrogen and oxygen atoms in total. The zero-order valence-electron chi connectivity index (χ0n) is 15.9. The van der Waals surface area contributed by atoms with Crippen LogP contribution in [-0.4, -0.2) is 40.3 Å². The van der Waals surface area contributed by atoms with Crippen molar-refractivity contribution in [2.45, 2.75) is 51.1 Å². The molecule has 1 aromatic rings. The first-order valence-corrected chi connectivity index (χ1v) is 9.39. The molecule has 1 aromatic carbocycles. The Bertz CT molecular complexity index is 801. The van der Waals surface area contributed by atoms with Gasteiger partial charge in [-0.05, 0) is 56.2 Å². The van der Waals surface area contributed by atoms with Gasteiger partial charge in [0.1, 0.15) is 12.1 Å². The molecule has 0 bridgehead atoms. The summed E-state index contributed by atoms with van der Waals surface area (Å²) in [6.07, 6.45) is 3.89. The van der Waals surface area contributed by atoms with Gasteiger partial charge in [0, 0.05) is 18.2 Å². The van der Waals surface area contributed by atoms with Crippen molar-refractivity contribution >= 4 is 23.5 Å². The van der Waals surface area contributed by atoms with Crippen LogP contribution in [0.3, 0.4) is 0 Å². The van der Waals surface area contributed by atoms with Crippen LogP contribution in [0.25, 0.3) is 0 Å². The molecule has 1 heterocycles. The molecule has 1 aliphatic heterocycles. The smallest absolute Gasteiger partial charge is 0.325 e. The van der Waals surface area contributed by atoms with Gasteiger partial charge in [0.2, 0.25) is 5.91 Å². The highest BCUT2D eigenvalue weighted by Crippen LogP contribution is 2.30. The number of carbonyl (C=O) groups excluding carboxylic acids is 3. The van der Waals surface area contributed by atoms with E-state index >= 15 is 0 Å². The largest absolute Gasteiger partial charge is 0.352 e. The monoisotopic (exact) mass is 388 g/mol. The van der Waals surface area contributed by atoms with Crippen molar-refractivity contribution in [1.29, 1.82) is 0 Å². The lowest BCUT2D eigenvalue weighted by molar-refractivity contribution is -0.384. The van der Waals surface area contributed by atoms with Crippen LogP contribution in [0.5, 0.6) is 0 Å². The van der Waals surface area contributed by atoms with E-state index in [2.05, 4.69) is 17.6 Å². The highest BCUT2D eigenvalue weighted by molar-refractivity contribution is 6.09. The number of amides is 4. The van der Waals surface area contributed by atoms with Crippen LogP contribution < -0.4 is 10.6 Å². The van der Waals surface area contributed by atoms with Crippen LogP contribution in [0.4, 0.5) is 10.5 Å². The lowest BCUT2D eigenvalue weighted by Gasteiger charge is -2.27. The Morgan fingerprint density at radius 2 is 1.86 bits per heavy atom. The van der Waals surface area contributed by atoms with Crippen molar-refractivity contribution in [3.8, 4) is 0 Å². The van der Waals surface area contributed by atoms with Gasteiger partial charge < -0.3 is 10.6 Å². The molecule has 0 radical (unpaired) electrons. The Morgan fingerprint density at radius 3 is 2.43 bits per heavy atom. The normalized spacial score (nSPS) is 27.4. The molecule has 1 saturated heterocycles. The van der Waals surface area contributed by atoms with E-state index in [1.807, 2.05) is 0 Å². The Hall–Kier alpha value is -2.97. The molecule has 0 spiro atoms. The van der Waals surface area contributed by atoms with Crippen LogP contribution in [0.1, 0.15) is 45.1 Å². The fourth-order valence-corrected chi connectivity index (χ4v) is 3.77. The van der Waals surface area contributed by atoms with E-state index in [9.17, 15) is 24.5 Å². The molecule has 0 aromatic heterocycles. The number of benzene rings is 1. The van der Waals surface area contributed by atoms with E-state index in [-0.39, 0.29) is 24.2 Å². The summed E-state index contributed by atoms with van der Waals surface area (Å²) in [6, 6.07) is 4.84. The number of nitrogens with one attached hydrogen (secondary N) is 2. The van der Waals surface area contributed by atoms with Crippen molar-refractivity contribution in [2.24, 2.45) is 5.92 Å². The first-order chi connectivity index (χ1) is 13.2. The molecule has 28 heavy (non-hydrogen) atoms. The number of carbonyl (C=O) groups is 3. The van der Waals surface area contributed by atoms with Gasteiger partial charge in [0.15, 0.2) is 0 Å². The maximum atomic E-state index is 12.9. The van der Waals surface area contributed by atoms with Crippen LogP contribution >= 0.6 is 0 Å². The first kappa shape index (κ1) is 19.8. The number of hydrogen-bond donors (Lipinski definition) is 2. The minimum absolute atomic E-state index is 0.0746. The van der Waals surface area contributed by atoms with Crippen LogP contribution in [0.2, 0.25) is 0 Å². The molecule has 0 unspecified atom stereocenters. The summed E-state index contributed by atoms with van der Waals surface area (Å²) in [6.45, 7) is 3.36. The number of rotatable bonds is 5. The lowest BCUT2D eigenvalue weighted by Crippen LogP contribution is -2.46. The standard InChI is InChI=1S/C19H24N4O5/c1-12-3-7-14(8-4-12)20-16(24)11-22-17(25)19(2,21-18(22)26)13-5-9-15(10-6-13)23(27)28/h5-6,9-10,12,14H,3-4,7-8,11H2,1-2H3,(H,20,24)(H,21,26)/t12?,14?,19-/m0/s1. The molecule has 4 amide bonds. The summed E-state index contributed by atoms with van der Waals surface area (Å²) in [5.41, 5.74) is -1.06. The van der Waals surface area contributed by atoms with Crippen LogP contribution in [0.15, 0.2) is 24.3 Å². The molecule has 1 aliphatic carbocycles. The highest BCUT2D eigenvalue weighted by Gasteiger charge is 2.49. The van der Waals surface area contributed by atoms with Gasteiger partial charge in [-0.25, -0.2) is 4.79 Å². The maximum Gasteiger partial charge on any atom is 0.325 e. The maximum absolute atomic E-state index is 12.9. The average molecular weight is 388 g/mol. The van der Waals surface area contributed by atoms with E-state index in [0.717, 1.165) is 30.6 Å². The summed E-state index contributed by atoms with van der Waals surface area (Å²) in [5.74, 6) is -0.267. The van der Waals surface area contributed by atoms with E-state index in [0.29, 0.717) is 11.5 Å². The third kappa shape index (κ3) is 3.83. The van der Waals surface area contributed by atoms with Crippen molar-refractivity contribution in [1.82, 2.24) is 15.5 Å². The van der Waals surface area contributed by atoms with Gasteiger partial charge in [0.05, 0.1) is 4.92 Å². The molecular weight excluding hydrogens is 364 g/mol. The zero-order valence-corrected chi connectivity index (χ0v) is 15.9. The lowest BCUT2D eigenvalue weighted by atomic mass is 9.87. The quantitative estimate of drug-likeness (QED) is 0.454. The third-order valence-electron chi connectivity index (χ3n) is 5.61. The number of imide groups is 1. The second-order valence-electron chi connectivity index (χ2n) is 7.77. The topological polar surface area (TPSA) is 122 Å². The van der Waals surface area contributed by atoms with Crippen LogP contribution in [0, 0.1) is 16.0 Å². The van der Waals surface area contributed by atoms with E-state index < -0.39 is 22.4 Å². The molecular formula is C19H24N4O5. The Morgan fingerprint density at radius 1 is 1.25 bits per heavy atom. The summed E-state index contributed by atoms with van der Waals surface area (Å²) in [5, 5.41) is 16.3. The number of urea groups is 1. The van der Waals surface area contributed by atoms with Gasteiger partial charge in [0.25, 0.3) is 11.6 Å². The van der Waals surface area contributed by atoms with Crippen LogP contribution in [-0.2, 0) is 15.1 Å². The SMILES string of the molecule is CC1CCC(NC(=O)CN2C(=O)N[C@@](C)(c3ccc([N+](=O)[O-])cc3)C2=O)CC1. The second kappa shape index (κ2) is 7.57. The Balaban J connectivity index is 1.67. The first-order valence-electron chi connectivity index (χ1n) is 9.39. The van der Waals surface area contributed by atoms with Gasteiger partial charge in [-0.1, -0.05) is 6.92 Å². The number of nitro benzene ring substituents is 1. The highest BCUT2D eigenvalue weighted by atomic mass is 16.6. The van der Waals surface area contributed by atoms with Crippen molar-refractivity contribution in [2.75, 3.05) is 6.54 Å². The second-order valence-corrected chi connectivity index (χ2v) is 7.77. The Labute approximate surface area is 162 Å². The van der Waals surface area contributed by atoms with Gasteiger partial charge in [-0.2, -0.15) is 0 Å². The van der Waals surface area contributed by atoms with Gasteiger partial charge in [-0.15, -0.1) is 0 Å². The van der Waals surface area contributed by atoms with Crippen molar-refractivity contribution < 1.29 is 19.3 Å². The summed E-state index contributed by atoms with van der Waals surface area (Å²) in [4.78, 5) is 48.7. The predicted octanol–water partition coefficient (Wildman–Crippen LogP) is 2.06. The van der Waals surface area contributed by atoms with Crippen molar-refractivity contribution in [3.05, 3.63) is 39.9 Å². The van der Waals surface area contributed by atoms with E-state index in [1.165, 1.54) is 31.2 Å². The fourth-order valence-electron chi connectivity index (χ4n) is 3.77. The molecule has 1 atom stereocenters. The predicted molar refractivity (Wildman–Crippen MR) is 100 cm³/mol. The average Bonchev–Trinajstić information content (AvgIpc) is 2.88. The molecule has 1 saturated carbocycles. The molecule has 2 fully saturated rings. The van der Waals surface area contributed by atoms with Gasteiger partial charge >= 0.3 is 6.03 Å². The Kier molecular flexibility index (Phi) is 5.35. The fraction of sp³-hybridized carbons (Fsp3) is 0.526. The molecule has 150 valence electrons. The molecule has 3 rings (SSSR count). The number of nitrogens with zero attached hydrogens (tertiary/aromatic N) is 2. The van der Waals surface area contributed by atoms with E-state index in [4.69, 9.17) is 0 Å². The summed E-state index contributed by atoms with van der Waals surface area (Å²) in [7, 11) is 0. The molecule has 2 aliphatic rings. The van der Waals surface area contributed by atoms with Crippen molar-refractivity contribution in [3.63, 3.8) is 0 Å². The zero-order chi connectivity index (χ0) is 20.5. The minimum atomic E-state index is -1.37. The summed E-state index contributed by atoms with van der Waals surface area (Å²) < 4.78 is 0. The number of nitro groups is 1. The third-order valence-corrected chi connectivity index (χ3v) is 5.61. The molecule has 2 N–H and O–H groups in total. The molecule has 9 heteroatoms. The summed E-state index contributed by atoms with van der Waals surface area (Å²) >= 11 is 0. The van der Waals surface area contributed by atoms with Gasteiger partial charge in [-0.3, -0.25) is 24.6 Å². The number of hydrogen-bond acceptors (Lipinski definition) is 5. The number of non-ortho nitro benzene ring substituents is 1.